The lowest BCUT2D eigenvalue weighted by Gasteiger charge is -2.17. The molecule has 1 aliphatic heterocycles. The Morgan fingerprint density at radius 1 is 1.33 bits per heavy atom. The Kier molecular flexibility index (Phi) is 6.29. The number of allylic oxidation sites excluding steroid dienone is 5. The average molecular weight is 402 g/mol. The summed E-state index contributed by atoms with van der Waals surface area (Å²) in [5.74, 6) is 3.14. The van der Waals surface area contributed by atoms with Crippen LogP contribution in [0.2, 0.25) is 0 Å². The lowest BCUT2D eigenvalue weighted by atomic mass is 9.95. The van der Waals surface area contributed by atoms with Gasteiger partial charge in [0, 0.05) is 18.2 Å². The van der Waals surface area contributed by atoms with Crippen LogP contribution in [0, 0.1) is 19.3 Å². The third kappa shape index (κ3) is 4.40. The van der Waals surface area contributed by atoms with Gasteiger partial charge in [0.25, 0.3) is 0 Å². The predicted octanol–water partition coefficient (Wildman–Crippen LogP) is 4.76. The molecule has 5 nitrogen and oxygen atoms in total. The van der Waals surface area contributed by atoms with Crippen molar-refractivity contribution in [3.63, 3.8) is 0 Å². The summed E-state index contributed by atoms with van der Waals surface area (Å²) in [6.07, 6.45) is 10.6. The first kappa shape index (κ1) is 21.2. The largest absolute Gasteiger partial charge is 0.509 e. The fourth-order valence-electron chi connectivity index (χ4n) is 3.25. The normalized spacial score (nSPS) is 20.9. The van der Waals surface area contributed by atoms with Crippen molar-refractivity contribution in [1.82, 2.24) is 9.78 Å². The van der Waals surface area contributed by atoms with E-state index in [0.717, 1.165) is 27.8 Å². The molecule has 0 radical (unpaired) electrons. The van der Waals surface area contributed by atoms with Crippen LogP contribution in [0.4, 0.5) is 0 Å². The van der Waals surface area contributed by atoms with Gasteiger partial charge in [-0.05, 0) is 48.3 Å². The minimum atomic E-state index is -0.258. The van der Waals surface area contributed by atoms with E-state index in [-0.39, 0.29) is 25.1 Å². The molecule has 0 aliphatic carbocycles. The number of aromatic nitrogens is 2. The summed E-state index contributed by atoms with van der Waals surface area (Å²) in [5, 5.41) is 14.9. The molecule has 5 heteroatoms. The summed E-state index contributed by atoms with van der Waals surface area (Å²) < 4.78 is 13.5. The lowest BCUT2D eigenvalue weighted by Crippen LogP contribution is -2.21. The molecular weight excluding hydrogens is 376 g/mol. The summed E-state index contributed by atoms with van der Waals surface area (Å²) in [5.41, 5.74) is 5.51. The van der Waals surface area contributed by atoms with Crippen molar-refractivity contribution >= 4 is 5.57 Å². The minimum Gasteiger partial charge on any atom is -0.509 e. The topological polar surface area (TPSA) is 56.5 Å². The molecule has 2 heterocycles. The summed E-state index contributed by atoms with van der Waals surface area (Å²) >= 11 is 0. The van der Waals surface area contributed by atoms with E-state index in [1.54, 1.807) is 17.0 Å². The van der Waals surface area contributed by atoms with Crippen LogP contribution in [0.25, 0.3) is 16.7 Å². The van der Waals surface area contributed by atoms with Crippen LogP contribution in [0.15, 0.2) is 66.6 Å². The zero-order valence-corrected chi connectivity index (χ0v) is 17.6. The molecule has 0 spiro atoms. The molecule has 30 heavy (non-hydrogen) atoms. The number of aliphatic hydroxyl groups excluding tert-OH is 1. The van der Waals surface area contributed by atoms with Crippen molar-refractivity contribution in [1.29, 1.82) is 0 Å². The maximum Gasteiger partial charge on any atom is 0.219 e. The highest BCUT2D eigenvalue weighted by Crippen LogP contribution is 2.33. The Bertz CT molecular complexity index is 1100. The quantitative estimate of drug-likeness (QED) is 0.699. The molecule has 2 aromatic rings. The number of terminal acetylenes is 1. The zero-order valence-electron chi connectivity index (χ0n) is 17.6. The molecule has 1 aliphatic rings. The van der Waals surface area contributed by atoms with Crippen molar-refractivity contribution in [3.8, 4) is 29.4 Å². The molecule has 2 bridgehead atoms. The van der Waals surface area contributed by atoms with Gasteiger partial charge in [0.05, 0.1) is 18.4 Å². The zero-order chi connectivity index (χ0) is 21.8. The Balaban J connectivity index is 2.13. The molecule has 1 aromatic carbocycles. The van der Waals surface area contributed by atoms with Gasteiger partial charge in [-0.3, -0.25) is 0 Å². The molecule has 1 N–H and O–H groups in total. The van der Waals surface area contributed by atoms with Crippen molar-refractivity contribution < 1.29 is 14.6 Å². The van der Waals surface area contributed by atoms with Crippen molar-refractivity contribution in [2.45, 2.75) is 20.0 Å². The van der Waals surface area contributed by atoms with Crippen molar-refractivity contribution in [3.05, 3.63) is 77.7 Å². The van der Waals surface area contributed by atoms with E-state index in [4.69, 9.17) is 15.9 Å². The summed E-state index contributed by atoms with van der Waals surface area (Å²) in [6, 6.07) is 6.14. The lowest BCUT2D eigenvalue weighted by molar-refractivity contribution is 0.0539. The van der Waals surface area contributed by atoms with Gasteiger partial charge in [0.15, 0.2) is 0 Å². The summed E-state index contributed by atoms with van der Waals surface area (Å²) in [4.78, 5) is 0. The van der Waals surface area contributed by atoms with E-state index in [1.165, 1.54) is 0 Å². The first-order chi connectivity index (χ1) is 14.3. The van der Waals surface area contributed by atoms with Crippen molar-refractivity contribution in [2.75, 3.05) is 13.2 Å². The van der Waals surface area contributed by atoms with Gasteiger partial charge < -0.3 is 14.6 Å². The predicted molar refractivity (Wildman–Crippen MR) is 120 cm³/mol. The number of aryl methyl sites for hydroxylation is 2. The van der Waals surface area contributed by atoms with Gasteiger partial charge in [-0.15, -0.1) is 6.42 Å². The van der Waals surface area contributed by atoms with Crippen LogP contribution >= 0.6 is 0 Å². The summed E-state index contributed by atoms with van der Waals surface area (Å²) in [7, 11) is 1.84. The minimum absolute atomic E-state index is 0.00836. The van der Waals surface area contributed by atoms with E-state index in [0.29, 0.717) is 17.0 Å². The van der Waals surface area contributed by atoms with Gasteiger partial charge in [-0.1, -0.05) is 37.3 Å². The molecule has 0 amide bonds. The monoisotopic (exact) mass is 402 g/mol. The molecule has 0 unspecified atom stereocenters. The average Bonchev–Trinajstić information content (AvgIpc) is 3.07. The number of nitrogens with zero attached hydrogens (tertiary/aromatic N) is 2. The highest BCUT2D eigenvalue weighted by atomic mass is 16.5. The Morgan fingerprint density at radius 2 is 2.10 bits per heavy atom. The van der Waals surface area contributed by atoms with Crippen molar-refractivity contribution in [2.24, 2.45) is 7.05 Å². The molecule has 0 saturated heterocycles. The molecule has 1 aromatic heterocycles. The van der Waals surface area contributed by atoms with Crippen LogP contribution in [-0.2, 0) is 11.8 Å². The van der Waals surface area contributed by atoms with E-state index in [1.807, 2.05) is 39.1 Å². The Hall–Kier alpha value is -3.49. The molecule has 154 valence electrons. The third-order valence-electron chi connectivity index (χ3n) is 4.94. The highest BCUT2D eigenvalue weighted by molar-refractivity contribution is 5.80. The Labute approximate surface area is 177 Å². The van der Waals surface area contributed by atoms with Gasteiger partial charge >= 0.3 is 0 Å². The SMILES string of the molecule is C#CC(=C)C1=C(\O)COC[C@H](C)Oc2c(cnn2C)-c2ccc(C)c(c2)C(=C)\C=C\1. The van der Waals surface area contributed by atoms with Crippen LogP contribution in [0.5, 0.6) is 5.88 Å². The second kappa shape index (κ2) is 8.89. The standard InChI is InChI=1S/C25H26N2O3/c1-7-16(2)21-11-9-18(4)22-12-20(10-8-17(22)3)23-13-26-27(6)25(23)30-19(5)14-29-15-24(21)28/h1,8-13,19,28H,2,4,14-15H2,3,5-6H3/b11-9+,24-21-/t19-/m0/s1. The maximum atomic E-state index is 10.5. The smallest absolute Gasteiger partial charge is 0.219 e. The maximum absolute atomic E-state index is 10.5. The van der Waals surface area contributed by atoms with Crippen LogP contribution in [-0.4, -0.2) is 34.2 Å². The molecular formula is C25H26N2O3. The fraction of sp³-hybridized carbons (Fsp3) is 0.240. The molecule has 0 fully saturated rings. The first-order valence-corrected chi connectivity index (χ1v) is 9.64. The number of aliphatic hydroxyl groups is 1. The number of fused-ring (bicyclic) bond motifs is 4. The number of hydrogen-bond donors (Lipinski definition) is 1. The number of ether oxygens (including phenoxy) is 2. The second-order valence-corrected chi connectivity index (χ2v) is 7.30. The molecule has 0 saturated carbocycles. The second-order valence-electron chi connectivity index (χ2n) is 7.30. The van der Waals surface area contributed by atoms with Crippen LogP contribution in [0.3, 0.4) is 0 Å². The van der Waals surface area contributed by atoms with Gasteiger partial charge in [-0.2, -0.15) is 5.10 Å². The fourth-order valence-corrected chi connectivity index (χ4v) is 3.25. The highest BCUT2D eigenvalue weighted by Gasteiger charge is 2.17. The number of hydrogen-bond acceptors (Lipinski definition) is 4. The Morgan fingerprint density at radius 3 is 2.83 bits per heavy atom. The van der Waals surface area contributed by atoms with E-state index < -0.39 is 0 Å². The van der Waals surface area contributed by atoms with E-state index in [2.05, 4.69) is 30.2 Å². The molecule has 3 rings (SSSR count). The van der Waals surface area contributed by atoms with Crippen LogP contribution in [0.1, 0.15) is 18.1 Å². The van der Waals surface area contributed by atoms with Gasteiger partial charge in [0.2, 0.25) is 5.88 Å². The third-order valence-corrected chi connectivity index (χ3v) is 4.94. The van der Waals surface area contributed by atoms with E-state index in [9.17, 15) is 5.11 Å². The first-order valence-electron chi connectivity index (χ1n) is 9.64. The number of benzene rings is 1. The van der Waals surface area contributed by atoms with Gasteiger partial charge in [-0.25, -0.2) is 4.68 Å². The molecule has 1 atom stereocenters. The van der Waals surface area contributed by atoms with Crippen LogP contribution < -0.4 is 4.74 Å². The van der Waals surface area contributed by atoms with E-state index >= 15 is 0 Å². The number of rotatable bonds is 1. The van der Waals surface area contributed by atoms with Gasteiger partial charge in [0.1, 0.15) is 18.5 Å². The summed E-state index contributed by atoms with van der Waals surface area (Å²) in [6.45, 7) is 12.2.